The number of hydrogen-bond donors (Lipinski definition) is 2. The molecule has 0 spiro atoms. The number of fused-ring (bicyclic) bond motifs is 1. The first kappa shape index (κ1) is 9.87. The van der Waals surface area contributed by atoms with Crippen LogP contribution in [0.1, 0.15) is 30.7 Å². The van der Waals surface area contributed by atoms with E-state index in [1.54, 1.807) is 6.33 Å². The summed E-state index contributed by atoms with van der Waals surface area (Å²) in [5, 5.41) is 3.11. The summed E-state index contributed by atoms with van der Waals surface area (Å²) in [6.07, 6.45) is 5.82. The Kier molecular flexibility index (Phi) is 2.23. The first-order valence-electron chi connectivity index (χ1n) is 6.00. The number of nitrogens with one attached hydrogen (secondary N) is 2. The van der Waals surface area contributed by atoms with Crippen molar-refractivity contribution in [1.82, 2.24) is 15.3 Å². The average molecular weight is 219 g/mol. The quantitative estimate of drug-likeness (QED) is 0.802. The van der Waals surface area contributed by atoms with Gasteiger partial charge in [-0.2, -0.15) is 0 Å². The molecule has 1 heterocycles. The number of H-pyrrole nitrogens is 1. The molecule has 0 aliphatic heterocycles. The van der Waals surface area contributed by atoms with E-state index in [4.69, 9.17) is 0 Å². The molecule has 0 bridgehead atoms. The van der Waals surface area contributed by atoms with Crippen LogP contribution in [0.3, 0.4) is 0 Å². The van der Waals surface area contributed by atoms with E-state index in [-0.39, 0.29) is 5.91 Å². The van der Waals surface area contributed by atoms with Crippen molar-refractivity contribution in [1.29, 1.82) is 0 Å². The molecule has 0 aromatic carbocycles. The monoisotopic (exact) mass is 219 g/mol. The number of amides is 1. The predicted molar refractivity (Wildman–Crippen MR) is 59.8 cm³/mol. The topological polar surface area (TPSA) is 57.8 Å². The zero-order chi connectivity index (χ0) is 11.1. The van der Waals surface area contributed by atoms with Gasteiger partial charge in [0.05, 0.1) is 18.4 Å². The van der Waals surface area contributed by atoms with Gasteiger partial charge in [0, 0.05) is 11.7 Å². The van der Waals surface area contributed by atoms with Crippen molar-refractivity contribution in [2.75, 3.05) is 0 Å². The molecule has 2 saturated carbocycles. The number of imidazole rings is 1. The van der Waals surface area contributed by atoms with Crippen LogP contribution in [0, 0.1) is 18.8 Å². The van der Waals surface area contributed by atoms with Gasteiger partial charge in [0.1, 0.15) is 0 Å². The molecular formula is C12H17N3O. The van der Waals surface area contributed by atoms with Gasteiger partial charge in [-0.05, 0) is 38.0 Å². The smallest absolute Gasteiger partial charge is 0.226 e. The molecule has 2 N–H and O–H groups in total. The van der Waals surface area contributed by atoms with Crippen molar-refractivity contribution in [3.05, 3.63) is 17.7 Å². The molecule has 2 fully saturated rings. The minimum Gasteiger partial charge on any atom is -0.353 e. The van der Waals surface area contributed by atoms with Gasteiger partial charge in [0.2, 0.25) is 5.91 Å². The highest BCUT2D eigenvalue weighted by atomic mass is 16.1. The molecule has 0 radical (unpaired) electrons. The SMILES string of the molecule is Cc1[nH]cnc1CC(=O)NC1CC2CC2C1. The van der Waals surface area contributed by atoms with Crippen molar-refractivity contribution in [3.63, 3.8) is 0 Å². The largest absolute Gasteiger partial charge is 0.353 e. The lowest BCUT2D eigenvalue weighted by atomic mass is 10.1. The van der Waals surface area contributed by atoms with E-state index in [0.29, 0.717) is 12.5 Å². The Hall–Kier alpha value is -1.32. The van der Waals surface area contributed by atoms with E-state index in [1.165, 1.54) is 19.3 Å². The third kappa shape index (κ3) is 1.84. The summed E-state index contributed by atoms with van der Waals surface area (Å²) in [5.41, 5.74) is 1.85. The second kappa shape index (κ2) is 3.61. The summed E-state index contributed by atoms with van der Waals surface area (Å²) in [7, 11) is 0. The van der Waals surface area contributed by atoms with Crippen LogP contribution in [0.15, 0.2) is 6.33 Å². The van der Waals surface area contributed by atoms with E-state index < -0.39 is 0 Å². The van der Waals surface area contributed by atoms with Gasteiger partial charge in [-0.3, -0.25) is 4.79 Å². The number of nitrogens with zero attached hydrogens (tertiary/aromatic N) is 1. The third-order valence-electron chi connectivity index (χ3n) is 3.87. The number of carbonyl (C=O) groups is 1. The molecule has 4 heteroatoms. The highest BCUT2D eigenvalue weighted by molar-refractivity contribution is 5.78. The van der Waals surface area contributed by atoms with Crippen LogP contribution >= 0.6 is 0 Å². The summed E-state index contributed by atoms with van der Waals surface area (Å²) >= 11 is 0. The van der Waals surface area contributed by atoms with Crippen LogP contribution in [-0.2, 0) is 11.2 Å². The average Bonchev–Trinajstić information content (AvgIpc) is 2.65. The second-order valence-corrected chi connectivity index (χ2v) is 5.14. The molecule has 2 unspecified atom stereocenters. The summed E-state index contributed by atoms with van der Waals surface area (Å²) in [6, 6.07) is 0.426. The van der Waals surface area contributed by atoms with Crippen LogP contribution in [0.2, 0.25) is 0 Å². The van der Waals surface area contributed by atoms with Crippen LogP contribution in [0.5, 0.6) is 0 Å². The maximum Gasteiger partial charge on any atom is 0.226 e. The molecule has 86 valence electrons. The van der Waals surface area contributed by atoms with Crippen LogP contribution in [0.25, 0.3) is 0 Å². The Morgan fingerprint density at radius 3 is 2.88 bits per heavy atom. The Morgan fingerprint density at radius 2 is 2.25 bits per heavy atom. The number of hydrogen-bond acceptors (Lipinski definition) is 2. The Morgan fingerprint density at radius 1 is 1.50 bits per heavy atom. The second-order valence-electron chi connectivity index (χ2n) is 5.14. The summed E-state index contributed by atoms with van der Waals surface area (Å²) in [6.45, 7) is 1.94. The lowest BCUT2D eigenvalue weighted by molar-refractivity contribution is -0.121. The number of aryl methyl sites for hydroxylation is 1. The van der Waals surface area contributed by atoms with Gasteiger partial charge >= 0.3 is 0 Å². The maximum atomic E-state index is 11.8. The van der Waals surface area contributed by atoms with Crippen LogP contribution < -0.4 is 5.32 Å². The third-order valence-corrected chi connectivity index (χ3v) is 3.87. The summed E-state index contributed by atoms with van der Waals surface area (Å²) in [5.74, 6) is 1.94. The lowest BCUT2D eigenvalue weighted by Gasteiger charge is -2.13. The Bertz CT molecular complexity index is 402. The van der Waals surface area contributed by atoms with Gasteiger partial charge in [-0.1, -0.05) is 0 Å². The fraction of sp³-hybridized carbons (Fsp3) is 0.667. The van der Waals surface area contributed by atoms with Crippen molar-refractivity contribution in [2.45, 2.75) is 38.6 Å². The first-order chi connectivity index (χ1) is 7.72. The fourth-order valence-corrected chi connectivity index (χ4v) is 2.83. The van der Waals surface area contributed by atoms with Crippen LogP contribution in [0.4, 0.5) is 0 Å². The van der Waals surface area contributed by atoms with E-state index in [2.05, 4.69) is 15.3 Å². The Labute approximate surface area is 94.8 Å². The van der Waals surface area contributed by atoms with E-state index in [1.807, 2.05) is 6.92 Å². The Balaban J connectivity index is 1.52. The summed E-state index contributed by atoms with van der Waals surface area (Å²) in [4.78, 5) is 18.9. The van der Waals surface area contributed by atoms with E-state index >= 15 is 0 Å². The highest BCUT2D eigenvalue weighted by Crippen LogP contribution is 2.51. The molecule has 0 saturated heterocycles. The normalized spacial score (nSPS) is 31.2. The minimum absolute atomic E-state index is 0.113. The van der Waals surface area contributed by atoms with Crippen molar-refractivity contribution < 1.29 is 4.79 Å². The van der Waals surface area contributed by atoms with E-state index in [0.717, 1.165) is 23.2 Å². The number of aromatic nitrogens is 2. The van der Waals surface area contributed by atoms with Crippen molar-refractivity contribution in [3.8, 4) is 0 Å². The predicted octanol–water partition coefficient (Wildman–Crippen LogP) is 1.18. The minimum atomic E-state index is 0.113. The molecule has 1 amide bonds. The molecular weight excluding hydrogens is 202 g/mol. The summed E-state index contributed by atoms with van der Waals surface area (Å²) < 4.78 is 0. The van der Waals surface area contributed by atoms with Crippen LogP contribution in [-0.4, -0.2) is 21.9 Å². The molecule has 1 aromatic heterocycles. The van der Waals surface area contributed by atoms with Crippen molar-refractivity contribution >= 4 is 5.91 Å². The molecule has 2 aliphatic carbocycles. The fourth-order valence-electron chi connectivity index (χ4n) is 2.83. The zero-order valence-corrected chi connectivity index (χ0v) is 9.49. The van der Waals surface area contributed by atoms with Gasteiger partial charge in [-0.15, -0.1) is 0 Å². The molecule has 2 atom stereocenters. The molecule has 2 aliphatic rings. The lowest BCUT2D eigenvalue weighted by Crippen LogP contribution is -2.34. The molecule has 4 nitrogen and oxygen atoms in total. The number of rotatable bonds is 3. The molecule has 16 heavy (non-hydrogen) atoms. The maximum absolute atomic E-state index is 11.8. The van der Waals surface area contributed by atoms with Gasteiger partial charge in [0.15, 0.2) is 0 Å². The van der Waals surface area contributed by atoms with E-state index in [9.17, 15) is 4.79 Å². The number of carbonyl (C=O) groups excluding carboxylic acids is 1. The van der Waals surface area contributed by atoms with Gasteiger partial charge < -0.3 is 10.3 Å². The first-order valence-corrected chi connectivity index (χ1v) is 6.00. The zero-order valence-electron chi connectivity index (χ0n) is 9.49. The van der Waals surface area contributed by atoms with Gasteiger partial charge in [-0.25, -0.2) is 4.98 Å². The van der Waals surface area contributed by atoms with Crippen molar-refractivity contribution in [2.24, 2.45) is 11.8 Å². The molecule has 1 aromatic rings. The molecule has 3 rings (SSSR count). The van der Waals surface area contributed by atoms with Gasteiger partial charge in [0.25, 0.3) is 0 Å². The number of aromatic amines is 1. The standard InChI is InChI=1S/C12H17N3O/c1-7-11(14-6-13-7)5-12(16)15-10-3-8-2-9(8)4-10/h6,8-10H,2-5H2,1H3,(H,13,14)(H,15,16). The highest BCUT2D eigenvalue weighted by Gasteiger charge is 2.46.